The van der Waals surface area contributed by atoms with E-state index in [1.807, 2.05) is 0 Å². The van der Waals surface area contributed by atoms with Crippen molar-refractivity contribution in [3.63, 3.8) is 0 Å². The van der Waals surface area contributed by atoms with E-state index in [1.165, 1.54) is 0 Å². The first-order valence-electron chi connectivity index (χ1n) is 6.97. The van der Waals surface area contributed by atoms with Crippen molar-refractivity contribution in [3.05, 3.63) is 12.2 Å². The first-order chi connectivity index (χ1) is 8.58. The molecule has 18 heavy (non-hydrogen) atoms. The van der Waals surface area contributed by atoms with Crippen molar-refractivity contribution < 1.29 is 14.3 Å². The number of carbonyl (C=O) groups is 1. The molecule has 1 aliphatic carbocycles. The molecule has 1 fully saturated rings. The maximum Gasteiger partial charge on any atom is 0.333 e. The highest BCUT2D eigenvalue weighted by Crippen LogP contribution is 2.31. The van der Waals surface area contributed by atoms with Crippen LogP contribution in [0.25, 0.3) is 0 Å². The summed E-state index contributed by atoms with van der Waals surface area (Å²) < 4.78 is 11.0. The highest BCUT2D eigenvalue weighted by atomic mass is 16.5. The van der Waals surface area contributed by atoms with Crippen LogP contribution in [-0.2, 0) is 14.3 Å². The minimum absolute atomic E-state index is 0.0528. The van der Waals surface area contributed by atoms with Crippen LogP contribution < -0.4 is 0 Å². The SMILES string of the molecule is C=C(C)C(=O)OC(CCC)C1CCC(OC)CC1. The van der Waals surface area contributed by atoms with Crippen LogP contribution in [0.5, 0.6) is 0 Å². The van der Waals surface area contributed by atoms with Gasteiger partial charge in [0.15, 0.2) is 0 Å². The molecule has 1 saturated carbocycles. The van der Waals surface area contributed by atoms with Gasteiger partial charge >= 0.3 is 5.97 Å². The molecule has 0 aromatic carbocycles. The summed E-state index contributed by atoms with van der Waals surface area (Å²) in [6.07, 6.45) is 6.76. The van der Waals surface area contributed by atoms with Crippen molar-refractivity contribution in [2.45, 2.75) is 64.6 Å². The number of methoxy groups -OCH3 is 1. The molecule has 0 aromatic heterocycles. The Kier molecular flexibility index (Phi) is 6.41. The molecule has 0 spiro atoms. The molecule has 3 nitrogen and oxygen atoms in total. The van der Waals surface area contributed by atoms with Gasteiger partial charge in [-0.05, 0) is 44.9 Å². The van der Waals surface area contributed by atoms with Gasteiger partial charge in [0.2, 0.25) is 0 Å². The normalized spacial score (nSPS) is 25.5. The van der Waals surface area contributed by atoms with Gasteiger partial charge < -0.3 is 9.47 Å². The smallest absolute Gasteiger partial charge is 0.333 e. The number of hydrogen-bond donors (Lipinski definition) is 0. The zero-order chi connectivity index (χ0) is 13.5. The summed E-state index contributed by atoms with van der Waals surface area (Å²) in [5.74, 6) is 0.238. The molecule has 1 rings (SSSR count). The Balaban J connectivity index is 2.51. The highest BCUT2D eigenvalue weighted by Gasteiger charge is 2.29. The predicted octanol–water partition coefficient (Wildman–Crippen LogP) is 3.48. The number of ether oxygens (including phenoxy) is 2. The summed E-state index contributed by atoms with van der Waals surface area (Å²) in [4.78, 5) is 11.6. The summed E-state index contributed by atoms with van der Waals surface area (Å²) in [7, 11) is 1.77. The fraction of sp³-hybridized carbons (Fsp3) is 0.800. The number of rotatable bonds is 6. The number of hydrogen-bond acceptors (Lipinski definition) is 3. The molecule has 104 valence electrons. The Morgan fingerprint density at radius 3 is 2.39 bits per heavy atom. The molecule has 1 unspecified atom stereocenters. The zero-order valence-electron chi connectivity index (χ0n) is 11.9. The van der Waals surface area contributed by atoms with E-state index in [4.69, 9.17) is 9.47 Å². The minimum Gasteiger partial charge on any atom is -0.459 e. The highest BCUT2D eigenvalue weighted by molar-refractivity contribution is 5.87. The fourth-order valence-corrected chi connectivity index (χ4v) is 2.61. The van der Waals surface area contributed by atoms with Gasteiger partial charge in [-0.25, -0.2) is 4.79 Å². The summed E-state index contributed by atoms with van der Waals surface area (Å²) >= 11 is 0. The molecule has 1 atom stereocenters. The predicted molar refractivity (Wildman–Crippen MR) is 72.4 cm³/mol. The third-order valence-electron chi connectivity index (χ3n) is 3.76. The van der Waals surface area contributed by atoms with Crippen molar-refractivity contribution in [3.8, 4) is 0 Å². The molecule has 1 aliphatic rings. The van der Waals surface area contributed by atoms with Crippen LogP contribution in [0.3, 0.4) is 0 Å². The van der Waals surface area contributed by atoms with Crippen molar-refractivity contribution in [2.75, 3.05) is 7.11 Å². The van der Waals surface area contributed by atoms with E-state index in [1.54, 1.807) is 14.0 Å². The first-order valence-corrected chi connectivity index (χ1v) is 6.97. The van der Waals surface area contributed by atoms with Gasteiger partial charge in [0.05, 0.1) is 6.10 Å². The van der Waals surface area contributed by atoms with E-state index in [0.717, 1.165) is 38.5 Å². The maximum atomic E-state index is 11.6. The Morgan fingerprint density at radius 2 is 1.94 bits per heavy atom. The summed E-state index contributed by atoms with van der Waals surface area (Å²) in [6, 6.07) is 0. The van der Waals surface area contributed by atoms with E-state index in [-0.39, 0.29) is 12.1 Å². The molecule has 0 aromatic rings. The lowest BCUT2D eigenvalue weighted by Gasteiger charge is -2.33. The quantitative estimate of drug-likeness (QED) is 0.538. The molecular formula is C15H26O3. The molecule has 3 heteroatoms. The fourth-order valence-electron chi connectivity index (χ4n) is 2.61. The number of esters is 1. The van der Waals surface area contributed by atoms with Gasteiger partial charge in [0, 0.05) is 12.7 Å². The first kappa shape index (κ1) is 15.2. The average Bonchev–Trinajstić information content (AvgIpc) is 2.38. The van der Waals surface area contributed by atoms with Gasteiger partial charge in [-0.15, -0.1) is 0 Å². The van der Waals surface area contributed by atoms with Crippen LogP contribution in [0.15, 0.2) is 12.2 Å². The second-order valence-corrected chi connectivity index (χ2v) is 5.29. The molecule has 0 saturated heterocycles. The Labute approximate surface area is 111 Å². The van der Waals surface area contributed by atoms with Gasteiger partial charge in [-0.2, -0.15) is 0 Å². The van der Waals surface area contributed by atoms with E-state index in [0.29, 0.717) is 17.6 Å². The van der Waals surface area contributed by atoms with Crippen molar-refractivity contribution in [2.24, 2.45) is 5.92 Å². The molecule has 0 N–H and O–H groups in total. The Bertz CT molecular complexity index is 277. The van der Waals surface area contributed by atoms with Crippen LogP contribution in [-0.4, -0.2) is 25.3 Å². The minimum atomic E-state index is -0.248. The average molecular weight is 254 g/mol. The standard InChI is InChI=1S/C15H26O3/c1-5-6-14(18-15(16)11(2)3)12-7-9-13(17-4)10-8-12/h12-14H,2,5-10H2,1,3-4H3. The molecule has 0 bridgehead atoms. The van der Waals surface area contributed by atoms with Crippen LogP contribution >= 0.6 is 0 Å². The van der Waals surface area contributed by atoms with Crippen LogP contribution in [0.1, 0.15) is 52.4 Å². The second kappa shape index (κ2) is 7.57. The second-order valence-electron chi connectivity index (χ2n) is 5.29. The number of carbonyl (C=O) groups excluding carboxylic acids is 1. The van der Waals surface area contributed by atoms with Crippen molar-refractivity contribution in [1.29, 1.82) is 0 Å². The summed E-state index contributed by atoms with van der Waals surface area (Å²) in [5, 5.41) is 0. The van der Waals surface area contributed by atoms with Gasteiger partial charge in [0.25, 0.3) is 0 Å². The summed E-state index contributed by atoms with van der Waals surface area (Å²) in [6.45, 7) is 7.47. The van der Waals surface area contributed by atoms with Crippen LogP contribution in [0, 0.1) is 5.92 Å². The lowest BCUT2D eigenvalue weighted by molar-refractivity contribution is -0.148. The van der Waals surface area contributed by atoms with E-state index in [2.05, 4.69) is 13.5 Å². The molecule has 0 heterocycles. The van der Waals surface area contributed by atoms with Crippen LogP contribution in [0.4, 0.5) is 0 Å². The third-order valence-corrected chi connectivity index (χ3v) is 3.76. The third kappa shape index (κ3) is 4.45. The molecule has 0 aliphatic heterocycles. The van der Waals surface area contributed by atoms with Crippen molar-refractivity contribution in [1.82, 2.24) is 0 Å². The molecular weight excluding hydrogens is 228 g/mol. The van der Waals surface area contributed by atoms with E-state index >= 15 is 0 Å². The monoisotopic (exact) mass is 254 g/mol. The summed E-state index contributed by atoms with van der Waals surface area (Å²) in [5.41, 5.74) is 0.488. The lowest BCUT2D eigenvalue weighted by atomic mass is 9.82. The Hall–Kier alpha value is -0.830. The maximum absolute atomic E-state index is 11.6. The van der Waals surface area contributed by atoms with Gasteiger partial charge in [0.1, 0.15) is 6.10 Å². The molecule has 0 amide bonds. The Morgan fingerprint density at radius 1 is 1.33 bits per heavy atom. The zero-order valence-corrected chi connectivity index (χ0v) is 11.9. The van der Waals surface area contributed by atoms with Crippen molar-refractivity contribution >= 4 is 5.97 Å². The lowest BCUT2D eigenvalue weighted by Crippen LogP contribution is -2.32. The van der Waals surface area contributed by atoms with E-state index < -0.39 is 0 Å². The van der Waals surface area contributed by atoms with Crippen LogP contribution in [0.2, 0.25) is 0 Å². The van der Waals surface area contributed by atoms with E-state index in [9.17, 15) is 4.79 Å². The largest absolute Gasteiger partial charge is 0.459 e. The molecule has 0 radical (unpaired) electrons. The topological polar surface area (TPSA) is 35.5 Å². The van der Waals surface area contributed by atoms with Gasteiger partial charge in [-0.3, -0.25) is 0 Å². The van der Waals surface area contributed by atoms with Gasteiger partial charge in [-0.1, -0.05) is 19.9 Å².